The molecule has 6 heteroatoms. The maximum Gasteiger partial charge on any atom is 0.270 e. The molecule has 0 unspecified atom stereocenters. The first-order valence-corrected chi connectivity index (χ1v) is 7.19. The van der Waals surface area contributed by atoms with Crippen LogP contribution in [-0.2, 0) is 0 Å². The number of rotatable bonds is 6. The summed E-state index contributed by atoms with van der Waals surface area (Å²) in [6.07, 6.45) is 3.34. The maximum atomic E-state index is 11.9. The van der Waals surface area contributed by atoms with E-state index < -0.39 is 0 Å². The van der Waals surface area contributed by atoms with E-state index in [1.807, 2.05) is 12.1 Å². The van der Waals surface area contributed by atoms with Crippen LogP contribution in [0.15, 0.2) is 36.7 Å². The molecule has 1 aromatic heterocycles. The van der Waals surface area contributed by atoms with Crippen molar-refractivity contribution in [2.75, 3.05) is 11.9 Å². The highest BCUT2D eigenvalue weighted by Gasteiger charge is 2.08. The molecule has 110 valence electrons. The monoisotopic (exact) mass is 304 g/mol. The van der Waals surface area contributed by atoms with E-state index in [-0.39, 0.29) is 5.91 Å². The standard InChI is InChI=1S/C15H17ClN4O/c1-2-3-7-17-15(21)13-9-14(19-10-18-13)20-12-6-4-5-11(16)8-12/h4-6,8-10H,2-3,7H2,1H3,(H,17,21)(H,18,19,20). The summed E-state index contributed by atoms with van der Waals surface area (Å²) < 4.78 is 0. The molecular formula is C15H17ClN4O. The van der Waals surface area contributed by atoms with Gasteiger partial charge < -0.3 is 10.6 Å². The molecular weight excluding hydrogens is 288 g/mol. The van der Waals surface area contributed by atoms with Gasteiger partial charge in [0.2, 0.25) is 0 Å². The Bertz CT molecular complexity index is 618. The highest BCUT2D eigenvalue weighted by molar-refractivity contribution is 6.30. The van der Waals surface area contributed by atoms with Crippen LogP contribution in [0.4, 0.5) is 11.5 Å². The zero-order valence-corrected chi connectivity index (χ0v) is 12.5. The predicted octanol–water partition coefficient (Wildman–Crippen LogP) is 3.40. The minimum atomic E-state index is -0.194. The molecule has 2 aromatic rings. The molecule has 21 heavy (non-hydrogen) atoms. The van der Waals surface area contributed by atoms with E-state index in [0.29, 0.717) is 23.1 Å². The Balaban J connectivity index is 2.05. The molecule has 0 atom stereocenters. The average molecular weight is 305 g/mol. The summed E-state index contributed by atoms with van der Waals surface area (Å²) in [7, 11) is 0. The number of nitrogens with one attached hydrogen (secondary N) is 2. The second kappa shape index (κ2) is 7.59. The quantitative estimate of drug-likeness (QED) is 0.803. The van der Waals surface area contributed by atoms with Crippen LogP contribution < -0.4 is 10.6 Å². The molecule has 0 bridgehead atoms. The zero-order valence-electron chi connectivity index (χ0n) is 11.8. The first kappa shape index (κ1) is 15.3. The van der Waals surface area contributed by atoms with Crippen LogP contribution in [0, 0.1) is 0 Å². The molecule has 1 heterocycles. The Morgan fingerprint density at radius 2 is 2.14 bits per heavy atom. The molecule has 1 aromatic carbocycles. The van der Waals surface area contributed by atoms with Crippen LogP contribution in [0.2, 0.25) is 5.02 Å². The number of carbonyl (C=O) groups excluding carboxylic acids is 1. The highest BCUT2D eigenvalue weighted by Crippen LogP contribution is 2.18. The molecule has 0 spiro atoms. The number of hydrogen-bond donors (Lipinski definition) is 2. The van der Waals surface area contributed by atoms with Crippen molar-refractivity contribution in [2.24, 2.45) is 0 Å². The average Bonchev–Trinajstić information content (AvgIpc) is 2.48. The molecule has 0 radical (unpaired) electrons. The number of unbranched alkanes of at least 4 members (excludes halogenated alkanes) is 1. The first-order valence-electron chi connectivity index (χ1n) is 6.82. The third kappa shape index (κ3) is 4.72. The van der Waals surface area contributed by atoms with E-state index in [2.05, 4.69) is 27.5 Å². The van der Waals surface area contributed by atoms with Crippen LogP contribution in [0.1, 0.15) is 30.3 Å². The minimum Gasteiger partial charge on any atom is -0.351 e. The second-order valence-corrected chi connectivity index (χ2v) is 4.97. The van der Waals surface area contributed by atoms with Crippen LogP contribution in [0.3, 0.4) is 0 Å². The SMILES string of the molecule is CCCCNC(=O)c1cc(Nc2cccc(Cl)c2)ncn1. The summed E-state index contributed by atoms with van der Waals surface area (Å²) in [5.74, 6) is 0.355. The maximum absolute atomic E-state index is 11.9. The Kier molecular flexibility index (Phi) is 5.51. The topological polar surface area (TPSA) is 66.9 Å². The summed E-state index contributed by atoms with van der Waals surface area (Å²) in [6.45, 7) is 2.72. The summed E-state index contributed by atoms with van der Waals surface area (Å²) in [4.78, 5) is 20.0. The van der Waals surface area contributed by atoms with Gasteiger partial charge in [0.25, 0.3) is 5.91 Å². The molecule has 0 aliphatic heterocycles. The van der Waals surface area contributed by atoms with Gasteiger partial charge in [-0.2, -0.15) is 0 Å². The fraction of sp³-hybridized carbons (Fsp3) is 0.267. The Morgan fingerprint density at radius 3 is 2.90 bits per heavy atom. The van der Waals surface area contributed by atoms with Crippen LogP contribution in [-0.4, -0.2) is 22.4 Å². The van der Waals surface area contributed by atoms with Gasteiger partial charge in [0.15, 0.2) is 0 Å². The zero-order chi connectivity index (χ0) is 15.1. The van der Waals surface area contributed by atoms with Gasteiger partial charge in [-0.25, -0.2) is 9.97 Å². The second-order valence-electron chi connectivity index (χ2n) is 4.53. The number of anilines is 2. The van der Waals surface area contributed by atoms with Crippen molar-refractivity contribution in [1.29, 1.82) is 0 Å². The van der Waals surface area contributed by atoms with Crippen molar-refractivity contribution >= 4 is 29.0 Å². The van der Waals surface area contributed by atoms with Crippen LogP contribution in [0.25, 0.3) is 0 Å². The minimum absolute atomic E-state index is 0.194. The lowest BCUT2D eigenvalue weighted by atomic mass is 10.3. The Hall–Kier alpha value is -2.14. The molecule has 5 nitrogen and oxygen atoms in total. The van der Waals surface area contributed by atoms with E-state index in [1.165, 1.54) is 6.33 Å². The molecule has 2 rings (SSSR count). The van der Waals surface area contributed by atoms with Gasteiger partial charge in [-0.05, 0) is 24.6 Å². The van der Waals surface area contributed by atoms with Gasteiger partial charge in [0, 0.05) is 23.3 Å². The normalized spacial score (nSPS) is 10.2. The Morgan fingerprint density at radius 1 is 1.29 bits per heavy atom. The van der Waals surface area contributed by atoms with Gasteiger partial charge in [-0.1, -0.05) is 31.0 Å². The first-order chi connectivity index (χ1) is 10.2. The molecule has 0 saturated carbocycles. The third-order valence-electron chi connectivity index (χ3n) is 2.81. The number of hydrogen-bond acceptors (Lipinski definition) is 4. The lowest BCUT2D eigenvalue weighted by molar-refractivity contribution is 0.0948. The van der Waals surface area contributed by atoms with E-state index in [0.717, 1.165) is 18.5 Å². The van der Waals surface area contributed by atoms with Crippen molar-refractivity contribution in [3.63, 3.8) is 0 Å². The number of aromatic nitrogens is 2. The molecule has 0 saturated heterocycles. The summed E-state index contributed by atoms with van der Waals surface area (Å²) in [5.41, 5.74) is 1.14. The van der Waals surface area contributed by atoms with Gasteiger partial charge >= 0.3 is 0 Å². The molecule has 2 N–H and O–H groups in total. The largest absolute Gasteiger partial charge is 0.351 e. The van der Waals surface area contributed by atoms with Gasteiger partial charge in [-0.15, -0.1) is 0 Å². The van der Waals surface area contributed by atoms with Crippen molar-refractivity contribution in [3.05, 3.63) is 47.4 Å². The van der Waals surface area contributed by atoms with Crippen molar-refractivity contribution in [1.82, 2.24) is 15.3 Å². The molecule has 1 amide bonds. The summed E-state index contributed by atoms with van der Waals surface area (Å²) in [6, 6.07) is 8.89. The molecule has 0 aliphatic rings. The predicted molar refractivity (Wildman–Crippen MR) is 84.0 cm³/mol. The van der Waals surface area contributed by atoms with Crippen molar-refractivity contribution < 1.29 is 4.79 Å². The van der Waals surface area contributed by atoms with Gasteiger partial charge in [-0.3, -0.25) is 4.79 Å². The highest BCUT2D eigenvalue weighted by atomic mass is 35.5. The van der Waals surface area contributed by atoms with E-state index in [1.54, 1.807) is 18.2 Å². The van der Waals surface area contributed by atoms with Crippen LogP contribution >= 0.6 is 11.6 Å². The fourth-order valence-electron chi connectivity index (χ4n) is 1.73. The lowest BCUT2D eigenvalue weighted by Crippen LogP contribution is -2.25. The van der Waals surface area contributed by atoms with Gasteiger partial charge in [0.05, 0.1) is 0 Å². The van der Waals surface area contributed by atoms with E-state index in [9.17, 15) is 4.79 Å². The number of carbonyl (C=O) groups is 1. The van der Waals surface area contributed by atoms with E-state index >= 15 is 0 Å². The number of benzene rings is 1. The van der Waals surface area contributed by atoms with Crippen molar-refractivity contribution in [3.8, 4) is 0 Å². The molecule has 0 aliphatic carbocycles. The number of halogens is 1. The third-order valence-corrected chi connectivity index (χ3v) is 3.05. The summed E-state index contributed by atoms with van der Waals surface area (Å²) in [5, 5.41) is 6.54. The number of nitrogens with zero attached hydrogens (tertiary/aromatic N) is 2. The van der Waals surface area contributed by atoms with Crippen molar-refractivity contribution in [2.45, 2.75) is 19.8 Å². The summed E-state index contributed by atoms with van der Waals surface area (Å²) >= 11 is 5.93. The lowest BCUT2D eigenvalue weighted by Gasteiger charge is -2.07. The molecule has 0 fully saturated rings. The van der Waals surface area contributed by atoms with Crippen LogP contribution in [0.5, 0.6) is 0 Å². The van der Waals surface area contributed by atoms with E-state index in [4.69, 9.17) is 11.6 Å². The Labute approximate surface area is 128 Å². The smallest absolute Gasteiger partial charge is 0.270 e. The number of amides is 1. The van der Waals surface area contributed by atoms with Gasteiger partial charge in [0.1, 0.15) is 17.8 Å². The fourth-order valence-corrected chi connectivity index (χ4v) is 1.92.